The van der Waals surface area contributed by atoms with Crippen LogP contribution in [0.25, 0.3) is 0 Å². The highest BCUT2D eigenvalue weighted by Gasteiger charge is 2.29. The minimum absolute atomic E-state index is 0.0223. The van der Waals surface area contributed by atoms with Gasteiger partial charge in [0.1, 0.15) is 5.82 Å². The number of carbonyl (C=O) groups excluding carboxylic acids is 1. The Morgan fingerprint density at radius 1 is 1.25 bits per heavy atom. The van der Waals surface area contributed by atoms with Gasteiger partial charge in [0.05, 0.1) is 20.3 Å². The van der Waals surface area contributed by atoms with Crippen molar-refractivity contribution in [3.8, 4) is 11.5 Å². The molecule has 5 nitrogen and oxygen atoms in total. The molecule has 0 saturated carbocycles. The molecular weight excluding hydrogens is 359 g/mol. The molecule has 2 aromatic rings. The lowest BCUT2D eigenvalue weighted by Gasteiger charge is -2.37. The predicted octanol–water partition coefficient (Wildman–Crippen LogP) is 3.36. The van der Waals surface area contributed by atoms with Crippen molar-refractivity contribution in [1.29, 1.82) is 0 Å². The first-order chi connectivity index (χ1) is 13.6. The lowest BCUT2D eigenvalue weighted by molar-refractivity contribution is 0.0932. The van der Waals surface area contributed by atoms with Crippen molar-refractivity contribution in [2.75, 3.05) is 33.9 Å². The summed E-state index contributed by atoms with van der Waals surface area (Å²) in [6, 6.07) is 9.50. The highest BCUT2D eigenvalue weighted by atomic mass is 19.1. The SMILES string of the molecule is C=CCN1CCc2cc(OC)c(OC)cc2C1CNC(=O)c1ccc(F)cc1. The van der Waals surface area contributed by atoms with Crippen molar-refractivity contribution in [3.05, 3.63) is 71.6 Å². The number of amides is 1. The minimum Gasteiger partial charge on any atom is -0.493 e. The molecule has 1 heterocycles. The minimum atomic E-state index is -0.365. The van der Waals surface area contributed by atoms with Crippen LogP contribution in [0.5, 0.6) is 11.5 Å². The van der Waals surface area contributed by atoms with Crippen LogP contribution in [-0.2, 0) is 6.42 Å². The van der Waals surface area contributed by atoms with Crippen LogP contribution in [0.1, 0.15) is 27.5 Å². The molecule has 28 heavy (non-hydrogen) atoms. The molecule has 1 unspecified atom stereocenters. The molecule has 0 aliphatic carbocycles. The monoisotopic (exact) mass is 384 g/mol. The standard InChI is InChI=1S/C22H25FN2O3/c1-4-10-25-11-9-16-12-20(27-2)21(28-3)13-18(16)19(25)14-24-22(26)15-5-7-17(23)8-6-15/h4-8,12-13,19H,1,9-11,14H2,2-3H3,(H,24,26). The number of rotatable bonds is 7. The number of fused-ring (bicyclic) bond motifs is 1. The fourth-order valence-electron chi connectivity index (χ4n) is 3.60. The van der Waals surface area contributed by atoms with Gasteiger partial charge in [0, 0.05) is 25.2 Å². The van der Waals surface area contributed by atoms with Crippen molar-refractivity contribution in [2.45, 2.75) is 12.5 Å². The van der Waals surface area contributed by atoms with Crippen LogP contribution < -0.4 is 14.8 Å². The van der Waals surface area contributed by atoms with Crippen molar-refractivity contribution in [3.63, 3.8) is 0 Å². The predicted molar refractivity (Wildman–Crippen MR) is 106 cm³/mol. The van der Waals surface area contributed by atoms with E-state index in [2.05, 4.69) is 16.8 Å². The Balaban J connectivity index is 1.85. The second-order valence-corrected chi connectivity index (χ2v) is 6.67. The maximum Gasteiger partial charge on any atom is 0.251 e. The maximum absolute atomic E-state index is 13.1. The molecule has 1 atom stereocenters. The smallest absolute Gasteiger partial charge is 0.251 e. The lowest BCUT2D eigenvalue weighted by atomic mass is 9.91. The Hall–Kier alpha value is -2.86. The second kappa shape index (κ2) is 8.89. The summed E-state index contributed by atoms with van der Waals surface area (Å²) in [5.74, 6) is 0.770. The lowest BCUT2D eigenvalue weighted by Crippen LogP contribution is -2.42. The van der Waals surface area contributed by atoms with Crippen molar-refractivity contribution >= 4 is 5.91 Å². The van der Waals surface area contributed by atoms with E-state index in [9.17, 15) is 9.18 Å². The van der Waals surface area contributed by atoms with E-state index in [1.54, 1.807) is 14.2 Å². The molecule has 148 valence electrons. The van der Waals surface area contributed by atoms with E-state index in [0.29, 0.717) is 30.2 Å². The number of hydrogen-bond acceptors (Lipinski definition) is 4. The van der Waals surface area contributed by atoms with Gasteiger partial charge in [-0.15, -0.1) is 6.58 Å². The summed E-state index contributed by atoms with van der Waals surface area (Å²) in [5.41, 5.74) is 2.71. The van der Waals surface area contributed by atoms with Gasteiger partial charge in [0.2, 0.25) is 0 Å². The third kappa shape index (κ3) is 4.17. The number of nitrogens with one attached hydrogen (secondary N) is 1. The van der Waals surface area contributed by atoms with Gasteiger partial charge in [-0.3, -0.25) is 9.69 Å². The van der Waals surface area contributed by atoms with E-state index in [4.69, 9.17) is 9.47 Å². The van der Waals surface area contributed by atoms with E-state index in [-0.39, 0.29) is 17.8 Å². The molecule has 0 fully saturated rings. The Kier molecular flexibility index (Phi) is 6.31. The quantitative estimate of drug-likeness (QED) is 0.744. The fraction of sp³-hybridized carbons (Fsp3) is 0.318. The van der Waals surface area contributed by atoms with Crippen LogP contribution in [0.4, 0.5) is 4.39 Å². The van der Waals surface area contributed by atoms with Gasteiger partial charge in [0.15, 0.2) is 11.5 Å². The van der Waals surface area contributed by atoms with E-state index in [0.717, 1.165) is 18.5 Å². The van der Waals surface area contributed by atoms with Crippen LogP contribution in [-0.4, -0.2) is 44.7 Å². The number of hydrogen-bond donors (Lipinski definition) is 1. The highest BCUT2D eigenvalue weighted by molar-refractivity contribution is 5.94. The number of ether oxygens (including phenoxy) is 2. The average Bonchev–Trinajstić information content (AvgIpc) is 2.72. The summed E-state index contributed by atoms with van der Waals surface area (Å²) in [7, 11) is 3.23. The topological polar surface area (TPSA) is 50.8 Å². The number of benzene rings is 2. The Bertz CT molecular complexity index is 852. The summed E-state index contributed by atoms with van der Waals surface area (Å²) < 4.78 is 24.0. The van der Waals surface area contributed by atoms with Crippen LogP contribution >= 0.6 is 0 Å². The number of halogens is 1. The number of carbonyl (C=O) groups is 1. The zero-order valence-electron chi connectivity index (χ0n) is 16.2. The maximum atomic E-state index is 13.1. The summed E-state index contributed by atoms with van der Waals surface area (Å²) in [5, 5.41) is 2.97. The molecule has 1 aliphatic rings. The summed E-state index contributed by atoms with van der Waals surface area (Å²) >= 11 is 0. The summed E-state index contributed by atoms with van der Waals surface area (Å²) in [6.07, 6.45) is 2.74. The molecule has 0 saturated heterocycles. The van der Waals surface area contributed by atoms with E-state index >= 15 is 0 Å². The van der Waals surface area contributed by atoms with Gasteiger partial charge in [-0.25, -0.2) is 4.39 Å². The van der Waals surface area contributed by atoms with Crippen molar-refractivity contribution in [2.24, 2.45) is 0 Å². The second-order valence-electron chi connectivity index (χ2n) is 6.67. The van der Waals surface area contributed by atoms with E-state index in [1.807, 2.05) is 18.2 Å². The van der Waals surface area contributed by atoms with E-state index < -0.39 is 0 Å². The van der Waals surface area contributed by atoms with E-state index in [1.165, 1.54) is 29.8 Å². The molecule has 0 bridgehead atoms. The molecule has 1 amide bonds. The molecule has 0 spiro atoms. The average molecular weight is 384 g/mol. The molecule has 1 N–H and O–H groups in total. The summed E-state index contributed by atoms with van der Waals surface area (Å²) in [6.45, 7) is 5.84. The Labute approximate surface area is 164 Å². The van der Waals surface area contributed by atoms with Crippen LogP contribution in [0.3, 0.4) is 0 Å². The largest absolute Gasteiger partial charge is 0.493 e. The first kappa shape index (κ1) is 19.9. The third-order valence-corrected chi connectivity index (χ3v) is 5.04. The zero-order chi connectivity index (χ0) is 20.1. The third-order valence-electron chi connectivity index (χ3n) is 5.04. The molecule has 0 radical (unpaired) electrons. The van der Waals surface area contributed by atoms with Gasteiger partial charge in [-0.2, -0.15) is 0 Å². The first-order valence-electron chi connectivity index (χ1n) is 9.21. The van der Waals surface area contributed by atoms with Gasteiger partial charge >= 0.3 is 0 Å². The zero-order valence-corrected chi connectivity index (χ0v) is 16.2. The normalized spacial score (nSPS) is 16.2. The molecular formula is C22H25FN2O3. The van der Waals surface area contributed by atoms with Crippen LogP contribution in [0.15, 0.2) is 49.1 Å². The van der Waals surface area contributed by atoms with Crippen molar-refractivity contribution in [1.82, 2.24) is 10.2 Å². The molecule has 3 rings (SSSR count). The number of nitrogens with zero attached hydrogens (tertiary/aromatic N) is 1. The van der Waals surface area contributed by atoms with Gasteiger partial charge in [-0.1, -0.05) is 6.08 Å². The molecule has 0 aromatic heterocycles. The van der Waals surface area contributed by atoms with Gasteiger partial charge < -0.3 is 14.8 Å². The highest BCUT2D eigenvalue weighted by Crippen LogP contribution is 2.37. The molecule has 1 aliphatic heterocycles. The van der Waals surface area contributed by atoms with Crippen molar-refractivity contribution < 1.29 is 18.7 Å². The Morgan fingerprint density at radius 3 is 2.57 bits per heavy atom. The summed E-state index contributed by atoms with van der Waals surface area (Å²) in [4.78, 5) is 14.8. The number of methoxy groups -OCH3 is 2. The van der Waals surface area contributed by atoms with Crippen LogP contribution in [0, 0.1) is 5.82 Å². The van der Waals surface area contributed by atoms with Crippen LogP contribution in [0.2, 0.25) is 0 Å². The first-order valence-corrected chi connectivity index (χ1v) is 9.21. The molecule has 2 aromatic carbocycles. The van der Waals surface area contributed by atoms with Gasteiger partial charge in [-0.05, 0) is 53.9 Å². The van der Waals surface area contributed by atoms with Gasteiger partial charge in [0.25, 0.3) is 5.91 Å². The molecule has 6 heteroatoms. The fourth-order valence-corrected chi connectivity index (χ4v) is 3.60. The Morgan fingerprint density at radius 2 is 1.93 bits per heavy atom.